The number of thioether (sulfide) groups is 1. The molecule has 0 saturated carbocycles. The predicted octanol–water partition coefficient (Wildman–Crippen LogP) is 1.17. The number of hydrogen-bond acceptors (Lipinski definition) is 5. The van der Waals surface area contributed by atoms with Gasteiger partial charge < -0.3 is 9.52 Å². The molecule has 0 bridgehead atoms. The fraction of sp³-hybridized carbons (Fsp3) is 0.222. The number of nitrogens with zero attached hydrogens (tertiary/aromatic N) is 1. The highest BCUT2D eigenvalue weighted by Crippen LogP contribution is 2.22. The van der Waals surface area contributed by atoms with E-state index >= 15 is 0 Å². The second kappa shape index (κ2) is 4.01. The lowest BCUT2D eigenvalue weighted by Crippen LogP contribution is -2.28. The molecule has 1 aliphatic rings. The largest absolute Gasteiger partial charge is 0.475 e. The summed E-state index contributed by atoms with van der Waals surface area (Å²) in [6, 6.07) is 1.44. The highest BCUT2D eigenvalue weighted by molar-refractivity contribution is 8.14. The van der Waals surface area contributed by atoms with Crippen LogP contribution in [0, 0.1) is 0 Å². The van der Waals surface area contributed by atoms with Crippen molar-refractivity contribution < 1.29 is 23.9 Å². The van der Waals surface area contributed by atoms with Gasteiger partial charge in [-0.1, -0.05) is 11.8 Å². The number of carbonyl (C=O) groups excluding carboxylic acids is 2. The summed E-state index contributed by atoms with van der Waals surface area (Å²) in [5, 5.41) is 8.41. The lowest BCUT2D eigenvalue weighted by molar-refractivity contribution is -0.125. The summed E-state index contributed by atoms with van der Waals surface area (Å²) in [7, 11) is 0. The topological polar surface area (TPSA) is 87.8 Å². The Morgan fingerprint density at radius 1 is 1.56 bits per heavy atom. The van der Waals surface area contributed by atoms with Crippen LogP contribution in [-0.4, -0.2) is 32.9 Å². The van der Waals surface area contributed by atoms with Gasteiger partial charge in [-0.05, 0) is 6.07 Å². The molecule has 1 N–H and O–H groups in total. The average molecular weight is 241 g/mol. The minimum absolute atomic E-state index is 0.0528. The molecule has 1 fully saturated rings. The smallest absolute Gasteiger partial charge is 0.372 e. The fourth-order valence-electron chi connectivity index (χ4n) is 1.35. The molecule has 16 heavy (non-hydrogen) atoms. The molecule has 0 spiro atoms. The van der Waals surface area contributed by atoms with Gasteiger partial charge in [0.1, 0.15) is 0 Å². The molecule has 0 radical (unpaired) electrons. The number of furan rings is 1. The van der Waals surface area contributed by atoms with Crippen molar-refractivity contribution in [2.24, 2.45) is 0 Å². The van der Waals surface area contributed by atoms with Crippen molar-refractivity contribution in [3.05, 3.63) is 23.7 Å². The van der Waals surface area contributed by atoms with E-state index in [9.17, 15) is 14.4 Å². The van der Waals surface area contributed by atoms with Crippen molar-refractivity contribution in [1.29, 1.82) is 0 Å². The van der Waals surface area contributed by atoms with E-state index in [-0.39, 0.29) is 29.2 Å². The Morgan fingerprint density at radius 2 is 2.31 bits per heavy atom. The summed E-state index contributed by atoms with van der Waals surface area (Å²) in [5.74, 6) is -1.66. The van der Waals surface area contributed by atoms with E-state index in [0.29, 0.717) is 5.56 Å². The van der Waals surface area contributed by atoms with Gasteiger partial charge in [0.2, 0.25) is 11.7 Å². The van der Waals surface area contributed by atoms with E-state index in [2.05, 4.69) is 0 Å². The monoisotopic (exact) mass is 241 g/mol. The van der Waals surface area contributed by atoms with Crippen molar-refractivity contribution in [1.82, 2.24) is 4.90 Å². The highest BCUT2D eigenvalue weighted by atomic mass is 32.2. The van der Waals surface area contributed by atoms with E-state index in [1.807, 2.05) is 0 Å². The first kappa shape index (κ1) is 10.7. The number of imide groups is 1. The van der Waals surface area contributed by atoms with Crippen LogP contribution in [0.25, 0.3) is 0 Å². The Kier molecular flexibility index (Phi) is 2.69. The van der Waals surface area contributed by atoms with E-state index in [1.54, 1.807) is 0 Å². The van der Waals surface area contributed by atoms with Crippen LogP contribution >= 0.6 is 11.8 Å². The number of rotatable bonds is 3. The van der Waals surface area contributed by atoms with E-state index in [0.717, 1.165) is 16.7 Å². The van der Waals surface area contributed by atoms with Crippen LogP contribution in [0.1, 0.15) is 16.1 Å². The first-order valence-electron chi connectivity index (χ1n) is 4.36. The quantitative estimate of drug-likeness (QED) is 0.854. The molecule has 1 saturated heterocycles. The molecule has 1 aromatic heterocycles. The zero-order valence-corrected chi connectivity index (χ0v) is 8.82. The zero-order chi connectivity index (χ0) is 11.7. The summed E-state index contributed by atoms with van der Waals surface area (Å²) < 4.78 is 4.75. The van der Waals surface area contributed by atoms with Gasteiger partial charge in [-0.3, -0.25) is 14.5 Å². The van der Waals surface area contributed by atoms with Crippen LogP contribution < -0.4 is 0 Å². The zero-order valence-electron chi connectivity index (χ0n) is 8.00. The Bertz CT molecular complexity index is 450. The normalized spacial score (nSPS) is 15.9. The average Bonchev–Trinajstić information content (AvgIpc) is 2.80. The van der Waals surface area contributed by atoms with Crippen LogP contribution in [0.15, 0.2) is 16.7 Å². The molecule has 84 valence electrons. The van der Waals surface area contributed by atoms with Crippen molar-refractivity contribution in [2.45, 2.75) is 6.54 Å². The van der Waals surface area contributed by atoms with Crippen LogP contribution in [-0.2, 0) is 11.3 Å². The number of carbonyl (C=O) groups is 3. The number of carboxylic acid groups (broad SMARTS) is 1. The van der Waals surface area contributed by atoms with Crippen molar-refractivity contribution in [3.8, 4) is 0 Å². The molecule has 2 amide bonds. The van der Waals surface area contributed by atoms with Gasteiger partial charge in [0, 0.05) is 5.56 Å². The molecule has 2 heterocycles. The van der Waals surface area contributed by atoms with Gasteiger partial charge >= 0.3 is 5.97 Å². The summed E-state index contributed by atoms with van der Waals surface area (Å²) in [5.41, 5.74) is 0.316. The van der Waals surface area contributed by atoms with Gasteiger partial charge in [0.25, 0.3) is 5.24 Å². The summed E-state index contributed by atoms with van der Waals surface area (Å²) in [6.07, 6.45) is 1.22. The Hall–Kier alpha value is -1.76. The summed E-state index contributed by atoms with van der Waals surface area (Å²) in [6.45, 7) is -0.0528. The maximum absolute atomic E-state index is 11.3. The maximum atomic E-state index is 11.3. The van der Waals surface area contributed by atoms with Gasteiger partial charge in [-0.15, -0.1) is 0 Å². The SMILES string of the molecule is O=C(O)c1occc1CN1C(=O)CSC1=O. The predicted molar refractivity (Wildman–Crippen MR) is 54.1 cm³/mol. The summed E-state index contributed by atoms with van der Waals surface area (Å²) >= 11 is 0.909. The van der Waals surface area contributed by atoms with Gasteiger partial charge in [0.05, 0.1) is 18.6 Å². The van der Waals surface area contributed by atoms with Crippen molar-refractivity contribution in [3.63, 3.8) is 0 Å². The lowest BCUT2D eigenvalue weighted by Gasteiger charge is -2.11. The maximum Gasteiger partial charge on any atom is 0.372 e. The molecule has 0 aromatic carbocycles. The van der Waals surface area contributed by atoms with E-state index in [4.69, 9.17) is 9.52 Å². The third kappa shape index (κ3) is 1.81. The minimum atomic E-state index is -1.22. The molecule has 0 atom stereocenters. The molecule has 0 aliphatic carbocycles. The van der Waals surface area contributed by atoms with Crippen molar-refractivity contribution in [2.75, 3.05) is 5.75 Å². The first-order valence-corrected chi connectivity index (χ1v) is 5.35. The molecule has 0 unspecified atom stereocenters. The minimum Gasteiger partial charge on any atom is -0.475 e. The number of carboxylic acids is 1. The van der Waals surface area contributed by atoms with Crippen LogP contribution in [0.5, 0.6) is 0 Å². The third-order valence-corrected chi connectivity index (χ3v) is 2.97. The molecular weight excluding hydrogens is 234 g/mol. The fourth-order valence-corrected chi connectivity index (χ4v) is 2.08. The Balaban J connectivity index is 2.20. The second-order valence-corrected chi connectivity index (χ2v) is 4.04. The number of hydrogen-bond donors (Lipinski definition) is 1. The van der Waals surface area contributed by atoms with Crippen LogP contribution in [0.4, 0.5) is 4.79 Å². The molecule has 1 aliphatic heterocycles. The Morgan fingerprint density at radius 3 is 2.88 bits per heavy atom. The van der Waals surface area contributed by atoms with Gasteiger partial charge in [-0.2, -0.15) is 0 Å². The van der Waals surface area contributed by atoms with E-state index < -0.39 is 5.97 Å². The van der Waals surface area contributed by atoms with Gasteiger partial charge in [-0.25, -0.2) is 4.79 Å². The molecule has 6 nitrogen and oxygen atoms in total. The lowest BCUT2D eigenvalue weighted by atomic mass is 10.2. The summed E-state index contributed by atoms with van der Waals surface area (Å²) in [4.78, 5) is 34.3. The van der Waals surface area contributed by atoms with Crippen molar-refractivity contribution >= 4 is 28.9 Å². The first-order chi connectivity index (χ1) is 7.59. The number of amides is 2. The highest BCUT2D eigenvalue weighted by Gasteiger charge is 2.31. The number of aromatic carboxylic acids is 1. The Labute approximate surface area is 94.2 Å². The molecule has 2 rings (SSSR count). The molecular formula is C9H7NO5S. The standard InChI is InChI=1S/C9H7NO5S/c11-6-4-16-9(14)10(6)3-5-1-2-15-7(5)8(12)13/h1-2H,3-4H2,(H,12,13). The molecule has 7 heteroatoms. The second-order valence-electron chi connectivity index (χ2n) is 3.11. The van der Waals surface area contributed by atoms with E-state index in [1.165, 1.54) is 12.3 Å². The molecule has 1 aromatic rings. The van der Waals surface area contributed by atoms with Gasteiger partial charge in [0.15, 0.2) is 0 Å². The third-order valence-electron chi connectivity index (χ3n) is 2.11. The van der Waals surface area contributed by atoms with Crippen LogP contribution in [0.3, 0.4) is 0 Å². The van der Waals surface area contributed by atoms with Crippen LogP contribution in [0.2, 0.25) is 0 Å².